The second-order valence-corrected chi connectivity index (χ2v) is 9.36. The van der Waals surface area contributed by atoms with Crippen molar-refractivity contribution in [2.45, 2.75) is 19.1 Å². The molecule has 0 spiro atoms. The first-order valence-corrected chi connectivity index (χ1v) is 12.2. The molecule has 0 N–H and O–H groups in total. The summed E-state index contributed by atoms with van der Waals surface area (Å²) in [5, 5.41) is 0.247. The molecule has 1 aromatic heterocycles. The summed E-state index contributed by atoms with van der Waals surface area (Å²) in [6.07, 6.45) is -4.43. The Morgan fingerprint density at radius 1 is 0.750 bits per heavy atom. The van der Waals surface area contributed by atoms with Gasteiger partial charge in [0.2, 0.25) is 5.91 Å². The van der Waals surface area contributed by atoms with Gasteiger partial charge in [0.25, 0.3) is 0 Å². The van der Waals surface area contributed by atoms with Crippen molar-refractivity contribution in [1.82, 2.24) is 4.98 Å². The number of carbonyl (C=O) groups excluding carboxylic acids is 1. The van der Waals surface area contributed by atoms with E-state index in [1.54, 1.807) is 6.07 Å². The highest BCUT2D eigenvalue weighted by Crippen LogP contribution is 2.39. The molecule has 36 heavy (non-hydrogen) atoms. The van der Waals surface area contributed by atoms with Crippen LogP contribution in [0.4, 0.5) is 18.3 Å². The fourth-order valence-electron chi connectivity index (χ4n) is 4.03. The second-order valence-electron chi connectivity index (χ2n) is 8.35. The van der Waals surface area contributed by atoms with E-state index in [-0.39, 0.29) is 29.5 Å². The molecule has 5 aromatic rings. The third-order valence-electron chi connectivity index (χ3n) is 5.84. The van der Waals surface area contributed by atoms with Crippen molar-refractivity contribution in [2.75, 3.05) is 4.90 Å². The molecule has 0 aliphatic carbocycles. The lowest BCUT2D eigenvalue weighted by molar-refractivity contribution is -0.136. The molecule has 1 heterocycles. The number of amides is 1. The monoisotopic (exact) mass is 502 g/mol. The number of nitrogens with zero attached hydrogens (tertiary/aromatic N) is 2. The van der Waals surface area contributed by atoms with E-state index in [1.165, 1.54) is 11.0 Å². The molecule has 5 rings (SSSR count). The summed E-state index contributed by atoms with van der Waals surface area (Å²) in [5.41, 5.74) is 2.86. The number of alkyl halides is 3. The van der Waals surface area contributed by atoms with Crippen LogP contribution in [-0.2, 0) is 23.9 Å². The molecule has 7 heteroatoms. The number of rotatable bonds is 6. The third kappa shape index (κ3) is 5.16. The van der Waals surface area contributed by atoms with Gasteiger partial charge in [-0.2, -0.15) is 13.2 Å². The Labute approximate surface area is 210 Å². The van der Waals surface area contributed by atoms with Crippen LogP contribution in [-0.4, -0.2) is 10.9 Å². The number of thiazole rings is 1. The lowest BCUT2D eigenvalue weighted by Gasteiger charge is -2.20. The van der Waals surface area contributed by atoms with Gasteiger partial charge in [0, 0.05) is 0 Å². The number of benzene rings is 4. The first kappa shape index (κ1) is 23.8. The molecule has 0 atom stereocenters. The van der Waals surface area contributed by atoms with Gasteiger partial charge in [-0.3, -0.25) is 9.69 Å². The zero-order valence-corrected chi connectivity index (χ0v) is 19.9. The van der Waals surface area contributed by atoms with Crippen molar-refractivity contribution < 1.29 is 18.0 Å². The van der Waals surface area contributed by atoms with Gasteiger partial charge >= 0.3 is 6.18 Å². The van der Waals surface area contributed by atoms with Crippen LogP contribution in [0, 0.1) is 0 Å². The van der Waals surface area contributed by atoms with Crippen LogP contribution in [0.1, 0.15) is 16.7 Å². The summed E-state index contributed by atoms with van der Waals surface area (Å²) < 4.78 is 41.1. The predicted molar refractivity (Wildman–Crippen MR) is 138 cm³/mol. The number of hydrogen-bond donors (Lipinski definition) is 0. The Hall–Kier alpha value is -3.97. The van der Waals surface area contributed by atoms with Gasteiger partial charge in [0.15, 0.2) is 5.13 Å². The molecule has 1 amide bonds. The Kier molecular flexibility index (Phi) is 6.57. The molecule has 4 aromatic carbocycles. The molecule has 0 fully saturated rings. The SMILES string of the molecule is O=C(Cc1ccc(-c2ccccc2)cc1)N(Cc1ccccc1)c1nc2c(C(F)(F)F)cccc2s1. The van der Waals surface area contributed by atoms with E-state index in [0.29, 0.717) is 4.70 Å². The van der Waals surface area contributed by atoms with Crippen molar-refractivity contribution in [3.8, 4) is 11.1 Å². The van der Waals surface area contributed by atoms with E-state index < -0.39 is 11.7 Å². The minimum atomic E-state index is -4.53. The fourth-order valence-corrected chi connectivity index (χ4v) is 5.03. The smallest absolute Gasteiger partial charge is 0.283 e. The van der Waals surface area contributed by atoms with Gasteiger partial charge in [0.1, 0.15) is 0 Å². The maximum absolute atomic E-state index is 13.6. The van der Waals surface area contributed by atoms with Crippen LogP contribution in [0.25, 0.3) is 21.3 Å². The maximum Gasteiger partial charge on any atom is 0.418 e. The molecule has 0 saturated heterocycles. The summed E-state index contributed by atoms with van der Waals surface area (Å²) in [4.78, 5) is 19.3. The second kappa shape index (κ2) is 9.95. The molecule has 0 saturated carbocycles. The molecular formula is C29H21F3N2OS. The Morgan fingerprint density at radius 2 is 1.39 bits per heavy atom. The molecule has 0 aliphatic rings. The fraction of sp³-hybridized carbons (Fsp3) is 0.103. The van der Waals surface area contributed by atoms with Crippen LogP contribution in [0.15, 0.2) is 103 Å². The lowest BCUT2D eigenvalue weighted by atomic mass is 10.0. The lowest BCUT2D eigenvalue weighted by Crippen LogP contribution is -2.31. The van der Waals surface area contributed by atoms with E-state index in [1.807, 2.05) is 84.9 Å². The highest BCUT2D eigenvalue weighted by atomic mass is 32.1. The van der Waals surface area contributed by atoms with Gasteiger partial charge in [-0.15, -0.1) is 0 Å². The molecule has 0 bridgehead atoms. The zero-order valence-electron chi connectivity index (χ0n) is 19.1. The first-order chi connectivity index (χ1) is 17.4. The summed E-state index contributed by atoms with van der Waals surface area (Å²) in [5.74, 6) is -0.237. The van der Waals surface area contributed by atoms with E-state index in [2.05, 4.69) is 4.98 Å². The average Bonchev–Trinajstić information content (AvgIpc) is 3.32. The largest absolute Gasteiger partial charge is 0.418 e. The highest BCUT2D eigenvalue weighted by molar-refractivity contribution is 7.22. The topological polar surface area (TPSA) is 33.2 Å². The normalized spacial score (nSPS) is 11.5. The molecule has 0 aliphatic heterocycles. The Morgan fingerprint density at radius 3 is 2.06 bits per heavy atom. The molecule has 0 unspecified atom stereocenters. The van der Waals surface area contributed by atoms with Crippen molar-refractivity contribution in [1.29, 1.82) is 0 Å². The number of anilines is 1. The number of para-hydroxylation sites is 1. The molecular weight excluding hydrogens is 481 g/mol. The summed E-state index contributed by atoms with van der Waals surface area (Å²) >= 11 is 1.09. The number of fused-ring (bicyclic) bond motifs is 1. The number of hydrogen-bond acceptors (Lipinski definition) is 3. The van der Waals surface area contributed by atoms with E-state index in [4.69, 9.17) is 0 Å². The van der Waals surface area contributed by atoms with Crippen LogP contribution < -0.4 is 4.90 Å². The quantitative estimate of drug-likeness (QED) is 0.238. The van der Waals surface area contributed by atoms with Gasteiger partial charge in [-0.25, -0.2) is 4.98 Å². The first-order valence-electron chi connectivity index (χ1n) is 11.3. The standard InChI is InChI=1S/C29H21F3N2OS/c30-29(31,32)24-12-7-13-25-27(24)33-28(36-25)34(19-21-8-3-1-4-9-21)26(35)18-20-14-16-23(17-15-20)22-10-5-2-6-11-22/h1-17H,18-19H2. The van der Waals surface area contributed by atoms with Crippen molar-refractivity contribution in [3.05, 3.63) is 120 Å². The van der Waals surface area contributed by atoms with Crippen LogP contribution in [0.5, 0.6) is 0 Å². The van der Waals surface area contributed by atoms with Crippen LogP contribution in [0.3, 0.4) is 0 Å². The Bertz CT molecular complexity index is 1480. The van der Waals surface area contributed by atoms with Gasteiger partial charge in [0.05, 0.1) is 28.7 Å². The number of carbonyl (C=O) groups is 1. The van der Waals surface area contributed by atoms with Crippen molar-refractivity contribution in [3.63, 3.8) is 0 Å². The van der Waals surface area contributed by atoms with Crippen molar-refractivity contribution in [2.24, 2.45) is 0 Å². The highest BCUT2D eigenvalue weighted by Gasteiger charge is 2.34. The van der Waals surface area contributed by atoms with Gasteiger partial charge in [-0.05, 0) is 34.4 Å². The van der Waals surface area contributed by atoms with Gasteiger partial charge < -0.3 is 0 Å². The van der Waals surface area contributed by atoms with Crippen molar-refractivity contribution >= 4 is 32.6 Å². The molecule has 3 nitrogen and oxygen atoms in total. The maximum atomic E-state index is 13.6. The van der Waals surface area contributed by atoms with Crippen LogP contribution in [0.2, 0.25) is 0 Å². The Balaban J connectivity index is 1.46. The molecule has 0 radical (unpaired) electrons. The average molecular weight is 503 g/mol. The van der Waals surface area contributed by atoms with E-state index >= 15 is 0 Å². The minimum absolute atomic E-state index is 0.101. The van der Waals surface area contributed by atoms with E-state index in [0.717, 1.165) is 39.7 Å². The van der Waals surface area contributed by atoms with E-state index in [9.17, 15) is 18.0 Å². The minimum Gasteiger partial charge on any atom is -0.283 e. The zero-order chi connectivity index (χ0) is 25.1. The molecule has 180 valence electrons. The third-order valence-corrected chi connectivity index (χ3v) is 6.89. The van der Waals surface area contributed by atoms with Gasteiger partial charge in [-0.1, -0.05) is 102 Å². The summed E-state index contributed by atoms with van der Waals surface area (Å²) in [6.45, 7) is 0.211. The number of aromatic nitrogens is 1. The number of halogens is 3. The summed E-state index contributed by atoms with van der Waals surface area (Å²) in [6, 6.07) is 31.0. The predicted octanol–water partition coefficient (Wildman–Crippen LogP) is 7.76. The van der Waals surface area contributed by atoms with Crippen LogP contribution >= 0.6 is 11.3 Å². The summed E-state index contributed by atoms with van der Waals surface area (Å²) in [7, 11) is 0.